The summed E-state index contributed by atoms with van der Waals surface area (Å²) in [6.07, 6.45) is 1.84. The van der Waals surface area contributed by atoms with E-state index in [4.69, 9.17) is 0 Å². The second kappa shape index (κ2) is 4.93. The molecule has 1 atom stereocenters. The quantitative estimate of drug-likeness (QED) is 0.820. The summed E-state index contributed by atoms with van der Waals surface area (Å²) in [4.78, 5) is 0. The van der Waals surface area contributed by atoms with E-state index in [0.717, 1.165) is 11.5 Å². The maximum absolute atomic E-state index is 12.7. The molecule has 0 aromatic heterocycles. The number of halogens is 1. The van der Waals surface area contributed by atoms with Crippen LogP contribution in [0.1, 0.15) is 31.4 Å². The minimum Gasteiger partial charge on any atom is -0.387 e. The van der Waals surface area contributed by atoms with Crippen molar-refractivity contribution in [2.75, 3.05) is 6.54 Å². The van der Waals surface area contributed by atoms with Crippen LogP contribution in [-0.4, -0.2) is 17.7 Å². The lowest BCUT2D eigenvalue weighted by Crippen LogP contribution is -2.41. The van der Waals surface area contributed by atoms with E-state index in [1.165, 1.54) is 25.0 Å². The molecule has 1 aliphatic carbocycles. The predicted molar refractivity (Wildman–Crippen MR) is 61.5 cm³/mol. The molecular formula is C13H18FNO. The van der Waals surface area contributed by atoms with Gasteiger partial charge < -0.3 is 10.4 Å². The Balaban J connectivity index is 1.79. The SMILES string of the molecule is CC1CC(NCC(O)c2ccc(F)cc2)C1. The van der Waals surface area contributed by atoms with Crippen LogP contribution >= 0.6 is 0 Å². The topological polar surface area (TPSA) is 32.3 Å². The van der Waals surface area contributed by atoms with Gasteiger partial charge in [0.25, 0.3) is 0 Å². The molecule has 1 aliphatic rings. The number of aliphatic hydroxyl groups is 1. The van der Waals surface area contributed by atoms with Crippen LogP contribution in [0.2, 0.25) is 0 Å². The Bertz CT molecular complexity index is 332. The van der Waals surface area contributed by atoms with Crippen LogP contribution in [0.3, 0.4) is 0 Å². The first-order valence-electron chi connectivity index (χ1n) is 5.82. The highest BCUT2D eigenvalue weighted by atomic mass is 19.1. The van der Waals surface area contributed by atoms with Gasteiger partial charge in [-0.05, 0) is 36.5 Å². The van der Waals surface area contributed by atoms with Crippen LogP contribution in [0.5, 0.6) is 0 Å². The van der Waals surface area contributed by atoms with Gasteiger partial charge in [0.1, 0.15) is 5.82 Å². The largest absolute Gasteiger partial charge is 0.387 e. The van der Waals surface area contributed by atoms with Gasteiger partial charge >= 0.3 is 0 Å². The van der Waals surface area contributed by atoms with Crippen molar-refractivity contribution in [3.05, 3.63) is 35.6 Å². The van der Waals surface area contributed by atoms with Crippen molar-refractivity contribution in [1.82, 2.24) is 5.32 Å². The van der Waals surface area contributed by atoms with Gasteiger partial charge in [0, 0.05) is 12.6 Å². The summed E-state index contributed by atoms with van der Waals surface area (Å²) in [5, 5.41) is 13.2. The van der Waals surface area contributed by atoms with Gasteiger partial charge in [-0.3, -0.25) is 0 Å². The molecule has 1 unspecified atom stereocenters. The third kappa shape index (κ3) is 2.80. The van der Waals surface area contributed by atoms with E-state index in [0.29, 0.717) is 12.6 Å². The smallest absolute Gasteiger partial charge is 0.123 e. The molecule has 0 aliphatic heterocycles. The molecule has 2 N–H and O–H groups in total. The molecule has 0 amide bonds. The van der Waals surface area contributed by atoms with E-state index in [1.54, 1.807) is 12.1 Å². The van der Waals surface area contributed by atoms with E-state index in [9.17, 15) is 9.50 Å². The van der Waals surface area contributed by atoms with Gasteiger partial charge in [-0.25, -0.2) is 4.39 Å². The zero-order valence-corrected chi connectivity index (χ0v) is 9.49. The molecule has 0 radical (unpaired) electrons. The van der Waals surface area contributed by atoms with Crippen LogP contribution < -0.4 is 5.32 Å². The van der Waals surface area contributed by atoms with Crippen LogP contribution in [0.25, 0.3) is 0 Å². The molecule has 0 spiro atoms. The summed E-state index contributed by atoms with van der Waals surface area (Å²) in [7, 11) is 0. The number of nitrogens with one attached hydrogen (secondary N) is 1. The van der Waals surface area contributed by atoms with Crippen molar-refractivity contribution in [3.63, 3.8) is 0 Å². The van der Waals surface area contributed by atoms with Gasteiger partial charge in [-0.15, -0.1) is 0 Å². The summed E-state index contributed by atoms with van der Waals surface area (Å²) in [5.41, 5.74) is 0.765. The Morgan fingerprint density at radius 3 is 2.56 bits per heavy atom. The first-order valence-corrected chi connectivity index (χ1v) is 5.82. The maximum Gasteiger partial charge on any atom is 0.123 e. The van der Waals surface area contributed by atoms with Crippen molar-refractivity contribution in [2.45, 2.75) is 31.9 Å². The number of hydrogen-bond acceptors (Lipinski definition) is 2. The Labute approximate surface area is 95.5 Å². The average molecular weight is 223 g/mol. The summed E-state index contributed by atoms with van der Waals surface area (Å²) in [5.74, 6) is 0.539. The summed E-state index contributed by atoms with van der Waals surface area (Å²) < 4.78 is 12.7. The van der Waals surface area contributed by atoms with Crippen molar-refractivity contribution in [1.29, 1.82) is 0 Å². The molecule has 3 heteroatoms. The predicted octanol–water partition coefficient (Wildman–Crippen LogP) is 2.25. The minimum atomic E-state index is -0.545. The summed E-state index contributed by atoms with van der Waals surface area (Å²) in [6, 6.07) is 6.56. The molecule has 1 fully saturated rings. The van der Waals surface area contributed by atoms with E-state index >= 15 is 0 Å². The fourth-order valence-electron chi connectivity index (χ4n) is 2.15. The van der Waals surface area contributed by atoms with Crippen molar-refractivity contribution in [3.8, 4) is 0 Å². The standard InChI is InChI=1S/C13H18FNO/c1-9-6-12(7-9)15-8-13(16)10-2-4-11(14)5-3-10/h2-5,9,12-13,15-16H,6-8H2,1H3. The number of rotatable bonds is 4. The van der Waals surface area contributed by atoms with Gasteiger partial charge in [0.15, 0.2) is 0 Å². The Morgan fingerprint density at radius 2 is 2.00 bits per heavy atom. The highest BCUT2D eigenvalue weighted by Crippen LogP contribution is 2.26. The first kappa shape index (κ1) is 11.6. The van der Waals surface area contributed by atoms with E-state index < -0.39 is 6.10 Å². The molecule has 2 rings (SSSR count). The zero-order chi connectivity index (χ0) is 11.5. The van der Waals surface area contributed by atoms with Gasteiger partial charge in [-0.1, -0.05) is 19.1 Å². The second-order valence-electron chi connectivity index (χ2n) is 4.75. The molecule has 0 saturated heterocycles. The average Bonchev–Trinajstić information content (AvgIpc) is 2.23. The number of aliphatic hydroxyl groups excluding tert-OH is 1. The molecular weight excluding hydrogens is 205 g/mol. The monoisotopic (exact) mass is 223 g/mol. The van der Waals surface area contributed by atoms with E-state index in [-0.39, 0.29) is 5.82 Å². The van der Waals surface area contributed by atoms with E-state index in [1.807, 2.05) is 0 Å². The minimum absolute atomic E-state index is 0.267. The van der Waals surface area contributed by atoms with Crippen molar-refractivity contribution >= 4 is 0 Å². The Hall–Kier alpha value is -0.930. The van der Waals surface area contributed by atoms with E-state index in [2.05, 4.69) is 12.2 Å². The van der Waals surface area contributed by atoms with Gasteiger partial charge in [-0.2, -0.15) is 0 Å². The summed E-state index contributed by atoms with van der Waals surface area (Å²) in [6.45, 7) is 2.78. The van der Waals surface area contributed by atoms with Crippen LogP contribution in [-0.2, 0) is 0 Å². The maximum atomic E-state index is 12.7. The van der Waals surface area contributed by atoms with Crippen LogP contribution in [0, 0.1) is 11.7 Å². The lowest BCUT2D eigenvalue weighted by atomic mass is 9.82. The zero-order valence-electron chi connectivity index (χ0n) is 9.49. The molecule has 0 heterocycles. The second-order valence-corrected chi connectivity index (χ2v) is 4.75. The summed E-state index contributed by atoms with van der Waals surface area (Å²) >= 11 is 0. The Kier molecular flexibility index (Phi) is 3.56. The van der Waals surface area contributed by atoms with Crippen molar-refractivity contribution < 1.29 is 9.50 Å². The molecule has 2 nitrogen and oxygen atoms in total. The molecule has 0 bridgehead atoms. The normalized spacial score (nSPS) is 26.2. The molecule has 1 aromatic carbocycles. The Morgan fingerprint density at radius 1 is 1.38 bits per heavy atom. The molecule has 16 heavy (non-hydrogen) atoms. The van der Waals surface area contributed by atoms with Gasteiger partial charge in [0.05, 0.1) is 6.10 Å². The molecule has 88 valence electrons. The number of benzene rings is 1. The van der Waals surface area contributed by atoms with Crippen LogP contribution in [0.15, 0.2) is 24.3 Å². The third-order valence-electron chi connectivity index (χ3n) is 3.23. The lowest BCUT2D eigenvalue weighted by Gasteiger charge is -2.34. The lowest BCUT2D eigenvalue weighted by molar-refractivity contribution is 0.149. The molecule has 1 saturated carbocycles. The van der Waals surface area contributed by atoms with Gasteiger partial charge in [0.2, 0.25) is 0 Å². The molecule has 1 aromatic rings. The fraction of sp³-hybridized carbons (Fsp3) is 0.538. The number of hydrogen-bond donors (Lipinski definition) is 2. The fourth-order valence-corrected chi connectivity index (χ4v) is 2.15. The highest BCUT2D eigenvalue weighted by molar-refractivity contribution is 5.18. The third-order valence-corrected chi connectivity index (χ3v) is 3.23. The first-order chi connectivity index (χ1) is 7.65. The van der Waals surface area contributed by atoms with Crippen molar-refractivity contribution in [2.24, 2.45) is 5.92 Å². The highest BCUT2D eigenvalue weighted by Gasteiger charge is 2.25. The van der Waals surface area contributed by atoms with Crippen LogP contribution in [0.4, 0.5) is 4.39 Å².